The summed E-state index contributed by atoms with van der Waals surface area (Å²) in [6.45, 7) is 4.03. The van der Waals surface area contributed by atoms with E-state index in [0.29, 0.717) is 34.7 Å². The molecule has 8 nitrogen and oxygen atoms in total. The van der Waals surface area contributed by atoms with E-state index >= 15 is 0 Å². The van der Waals surface area contributed by atoms with Gasteiger partial charge in [0.15, 0.2) is 5.58 Å². The molecule has 0 N–H and O–H groups in total. The smallest absolute Gasteiger partial charge is 0.420 e. The highest BCUT2D eigenvalue weighted by atomic mass is 16.5. The summed E-state index contributed by atoms with van der Waals surface area (Å²) in [5.41, 5.74) is 4.99. The van der Waals surface area contributed by atoms with Crippen LogP contribution in [0.1, 0.15) is 17.1 Å². The predicted octanol–water partition coefficient (Wildman–Crippen LogP) is 3.87. The van der Waals surface area contributed by atoms with Crippen molar-refractivity contribution in [3.8, 4) is 16.9 Å². The molecule has 5 rings (SSSR count). The molecular formula is C22H18N4O4. The number of pyridine rings is 2. The number of hydrogen-bond acceptors (Lipinski definition) is 7. The van der Waals surface area contributed by atoms with Gasteiger partial charge in [0.1, 0.15) is 17.0 Å². The van der Waals surface area contributed by atoms with Crippen LogP contribution in [0.5, 0.6) is 5.75 Å². The van der Waals surface area contributed by atoms with Crippen molar-refractivity contribution >= 4 is 22.0 Å². The van der Waals surface area contributed by atoms with Crippen molar-refractivity contribution in [2.24, 2.45) is 0 Å². The Morgan fingerprint density at radius 3 is 2.73 bits per heavy atom. The van der Waals surface area contributed by atoms with E-state index in [4.69, 9.17) is 13.7 Å². The van der Waals surface area contributed by atoms with Gasteiger partial charge in [-0.05, 0) is 38.1 Å². The van der Waals surface area contributed by atoms with E-state index in [1.807, 2.05) is 44.2 Å². The molecule has 0 spiro atoms. The number of fused-ring (bicyclic) bond motifs is 3. The first-order valence-electron chi connectivity index (χ1n) is 9.40. The Morgan fingerprint density at radius 1 is 1.17 bits per heavy atom. The van der Waals surface area contributed by atoms with E-state index in [1.54, 1.807) is 24.1 Å². The Kier molecular flexibility index (Phi) is 4.13. The van der Waals surface area contributed by atoms with E-state index in [0.717, 1.165) is 27.9 Å². The zero-order valence-electron chi connectivity index (χ0n) is 16.7. The average molecular weight is 402 g/mol. The molecule has 0 radical (unpaired) electrons. The zero-order chi connectivity index (χ0) is 20.8. The van der Waals surface area contributed by atoms with Gasteiger partial charge in [0, 0.05) is 17.1 Å². The monoisotopic (exact) mass is 402 g/mol. The molecule has 0 aliphatic rings. The number of benzene rings is 1. The van der Waals surface area contributed by atoms with Crippen molar-refractivity contribution < 1.29 is 13.7 Å². The lowest BCUT2D eigenvalue weighted by atomic mass is 10.0. The SMILES string of the molecule is COc1cc2c(cc1-c1c(C)noc1C)ncc1oc(=O)n(Cc3ccccn3)c12. The van der Waals surface area contributed by atoms with E-state index in [2.05, 4.69) is 15.1 Å². The summed E-state index contributed by atoms with van der Waals surface area (Å²) in [5, 5.41) is 4.80. The second-order valence-corrected chi connectivity index (χ2v) is 7.02. The average Bonchev–Trinajstić information content (AvgIpc) is 3.26. The first-order valence-corrected chi connectivity index (χ1v) is 9.40. The summed E-state index contributed by atoms with van der Waals surface area (Å²) >= 11 is 0. The lowest BCUT2D eigenvalue weighted by molar-refractivity contribution is 0.393. The van der Waals surface area contributed by atoms with Crippen molar-refractivity contribution in [1.29, 1.82) is 0 Å². The largest absolute Gasteiger partial charge is 0.496 e. The van der Waals surface area contributed by atoms with Gasteiger partial charge < -0.3 is 13.7 Å². The Bertz CT molecular complexity index is 1430. The van der Waals surface area contributed by atoms with Crippen molar-refractivity contribution in [2.45, 2.75) is 20.4 Å². The highest BCUT2D eigenvalue weighted by molar-refractivity contribution is 6.04. The lowest BCUT2D eigenvalue weighted by Crippen LogP contribution is -2.15. The minimum Gasteiger partial charge on any atom is -0.496 e. The van der Waals surface area contributed by atoms with Crippen molar-refractivity contribution in [3.63, 3.8) is 0 Å². The van der Waals surface area contributed by atoms with Crippen LogP contribution in [-0.2, 0) is 6.54 Å². The molecule has 0 atom stereocenters. The number of ether oxygens (including phenoxy) is 1. The summed E-state index contributed by atoms with van der Waals surface area (Å²) in [6, 6.07) is 9.37. The fourth-order valence-corrected chi connectivity index (χ4v) is 3.81. The molecule has 0 amide bonds. The molecule has 0 saturated carbocycles. The number of hydrogen-bond donors (Lipinski definition) is 0. The van der Waals surface area contributed by atoms with Crippen LogP contribution in [0.25, 0.3) is 33.1 Å². The van der Waals surface area contributed by atoms with Crippen molar-refractivity contribution in [1.82, 2.24) is 19.7 Å². The van der Waals surface area contributed by atoms with E-state index in [9.17, 15) is 4.79 Å². The molecule has 150 valence electrons. The maximum Gasteiger partial charge on any atom is 0.420 e. The maximum absolute atomic E-state index is 12.6. The molecule has 0 unspecified atom stereocenters. The van der Waals surface area contributed by atoms with Gasteiger partial charge in [0.25, 0.3) is 0 Å². The second kappa shape index (κ2) is 6.84. The number of methoxy groups -OCH3 is 1. The Morgan fingerprint density at radius 2 is 2.03 bits per heavy atom. The van der Waals surface area contributed by atoms with Gasteiger partial charge in [-0.1, -0.05) is 11.2 Å². The molecule has 0 saturated heterocycles. The van der Waals surface area contributed by atoms with Gasteiger partial charge in [0.2, 0.25) is 0 Å². The molecule has 4 aromatic heterocycles. The Labute approximate surface area is 170 Å². The summed E-state index contributed by atoms with van der Waals surface area (Å²) in [5.74, 6) is 0.865. The summed E-state index contributed by atoms with van der Waals surface area (Å²) in [7, 11) is 1.60. The van der Waals surface area contributed by atoms with Gasteiger partial charge in [-0.15, -0.1) is 0 Å². The van der Waals surface area contributed by atoms with E-state index in [1.165, 1.54) is 0 Å². The second-order valence-electron chi connectivity index (χ2n) is 7.02. The molecule has 5 aromatic rings. The van der Waals surface area contributed by atoms with Crippen LogP contribution in [0.15, 0.2) is 56.5 Å². The Hall–Kier alpha value is -3.94. The first kappa shape index (κ1) is 18.1. The fraction of sp³-hybridized carbons (Fsp3) is 0.182. The molecule has 0 fully saturated rings. The molecule has 0 aliphatic heterocycles. The number of rotatable bonds is 4. The van der Waals surface area contributed by atoms with Crippen molar-refractivity contribution in [2.75, 3.05) is 7.11 Å². The van der Waals surface area contributed by atoms with Crippen LogP contribution < -0.4 is 10.5 Å². The standard InChI is InChI=1S/C22H18N4O4/c1-12-20(13(2)30-25-12)16-8-17-15(9-18(16)28-3)21-19(10-24-17)29-22(27)26(21)11-14-6-4-5-7-23-14/h4-10H,11H2,1-3H3. The third kappa shape index (κ3) is 2.76. The fourth-order valence-electron chi connectivity index (χ4n) is 3.81. The molecule has 4 heterocycles. The predicted molar refractivity (Wildman–Crippen MR) is 111 cm³/mol. The normalized spacial score (nSPS) is 11.4. The van der Waals surface area contributed by atoms with E-state index in [-0.39, 0.29) is 0 Å². The molecule has 1 aromatic carbocycles. The van der Waals surface area contributed by atoms with Crippen LogP contribution in [0.4, 0.5) is 0 Å². The first-order chi connectivity index (χ1) is 14.6. The highest BCUT2D eigenvalue weighted by Crippen LogP contribution is 2.38. The van der Waals surface area contributed by atoms with Crippen LogP contribution >= 0.6 is 0 Å². The zero-order valence-corrected chi connectivity index (χ0v) is 16.7. The van der Waals surface area contributed by atoms with Crippen LogP contribution in [0.2, 0.25) is 0 Å². The quantitative estimate of drug-likeness (QED) is 0.450. The topological polar surface area (TPSA) is 96.2 Å². The molecule has 8 heteroatoms. The maximum atomic E-state index is 12.6. The van der Waals surface area contributed by atoms with Gasteiger partial charge >= 0.3 is 5.76 Å². The molecule has 0 aliphatic carbocycles. The highest BCUT2D eigenvalue weighted by Gasteiger charge is 2.20. The lowest BCUT2D eigenvalue weighted by Gasteiger charge is -2.11. The van der Waals surface area contributed by atoms with Crippen LogP contribution in [-0.4, -0.2) is 26.8 Å². The number of nitrogens with zero attached hydrogens (tertiary/aromatic N) is 4. The van der Waals surface area contributed by atoms with Gasteiger partial charge in [-0.2, -0.15) is 0 Å². The molecule has 30 heavy (non-hydrogen) atoms. The minimum absolute atomic E-state index is 0.291. The van der Waals surface area contributed by atoms with E-state index < -0.39 is 5.76 Å². The third-order valence-corrected chi connectivity index (χ3v) is 5.16. The van der Waals surface area contributed by atoms with Gasteiger partial charge in [-0.3, -0.25) is 14.5 Å². The van der Waals surface area contributed by atoms with Crippen molar-refractivity contribution in [3.05, 3.63) is 70.4 Å². The Balaban J connectivity index is 1.79. The summed E-state index contributed by atoms with van der Waals surface area (Å²) < 4.78 is 18.0. The summed E-state index contributed by atoms with van der Waals surface area (Å²) in [6.07, 6.45) is 3.26. The minimum atomic E-state index is -0.460. The third-order valence-electron chi connectivity index (χ3n) is 5.16. The number of aryl methyl sites for hydroxylation is 2. The van der Waals surface area contributed by atoms with Gasteiger partial charge in [-0.25, -0.2) is 4.79 Å². The number of oxazole rings is 1. The molecular weight excluding hydrogens is 384 g/mol. The summed E-state index contributed by atoms with van der Waals surface area (Å²) in [4.78, 5) is 21.4. The van der Waals surface area contributed by atoms with Crippen LogP contribution in [0, 0.1) is 13.8 Å². The van der Waals surface area contributed by atoms with Gasteiger partial charge in [0.05, 0.1) is 42.3 Å². The number of aromatic nitrogens is 4. The molecule has 0 bridgehead atoms. The van der Waals surface area contributed by atoms with Crippen LogP contribution in [0.3, 0.4) is 0 Å².